The molecule has 0 N–H and O–H groups in total. The number of thioether (sulfide) groups is 1. The second-order valence-electron chi connectivity index (χ2n) is 7.52. The van der Waals surface area contributed by atoms with Gasteiger partial charge in [0.05, 0.1) is 26.5 Å². The second kappa shape index (κ2) is 10.2. The third kappa shape index (κ3) is 5.60. The van der Waals surface area contributed by atoms with Crippen molar-refractivity contribution in [3.63, 3.8) is 0 Å². The Morgan fingerprint density at radius 1 is 1.26 bits per heavy atom. The highest BCUT2D eigenvalue weighted by Crippen LogP contribution is 2.38. The van der Waals surface area contributed by atoms with Gasteiger partial charge in [-0.3, -0.25) is 9.69 Å². The lowest BCUT2D eigenvalue weighted by molar-refractivity contribution is -0.123. The van der Waals surface area contributed by atoms with Crippen molar-refractivity contribution in [2.45, 2.75) is 32.5 Å². The number of carbonyl (C=O) groups excluding carboxylic acids is 1. The van der Waals surface area contributed by atoms with Crippen molar-refractivity contribution < 1.29 is 14.3 Å². The van der Waals surface area contributed by atoms with Gasteiger partial charge in [-0.1, -0.05) is 53.8 Å². The molecule has 4 nitrogen and oxygen atoms in total. The van der Waals surface area contributed by atoms with Crippen molar-refractivity contribution in [1.82, 2.24) is 4.90 Å². The highest BCUT2D eigenvalue weighted by molar-refractivity contribution is 9.11. The van der Waals surface area contributed by atoms with E-state index >= 15 is 0 Å². The third-order valence-electron chi connectivity index (χ3n) is 5.11. The zero-order chi connectivity index (χ0) is 22.0. The van der Waals surface area contributed by atoms with Gasteiger partial charge in [0, 0.05) is 6.61 Å². The van der Waals surface area contributed by atoms with Crippen LogP contribution in [-0.4, -0.2) is 34.4 Å². The first-order valence-electron chi connectivity index (χ1n) is 9.95. The lowest BCUT2D eigenvalue weighted by Crippen LogP contribution is -2.35. The molecule has 2 aliphatic heterocycles. The number of aryl methyl sites for hydroxylation is 1. The molecule has 0 radical (unpaired) electrons. The van der Waals surface area contributed by atoms with E-state index in [1.54, 1.807) is 4.90 Å². The van der Waals surface area contributed by atoms with Gasteiger partial charge in [-0.15, -0.1) is 0 Å². The molecule has 2 aliphatic rings. The summed E-state index contributed by atoms with van der Waals surface area (Å²) < 4.78 is 13.9. The summed E-state index contributed by atoms with van der Waals surface area (Å²) in [5.41, 5.74) is 3.21. The number of hydrogen-bond donors (Lipinski definition) is 0. The van der Waals surface area contributed by atoms with E-state index in [0.717, 1.165) is 45.3 Å². The molecule has 1 amide bonds. The maximum absolute atomic E-state index is 12.9. The van der Waals surface area contributed by atoms with Crippen LogP contribution in [0.1, 0.15) is 29.5 Å². The van der Waals surface area contributed by atoms with Crippen LogP contribution in [0.5, 0.6) is 5.75 Å². The minimum atomic E-state index is -0.0579. The maximum atomic E-state index is 12.9. The number of rotatable bonds is 6. The quantitative estimate of drug-likeness (QED) is 0.288. The monoisotopic (exact) mass is 581 g/mol. The number of hydrogen-bond acceptors (Lipinski definition) is 5. The van der Waals surface area contributed by atoms with Crippen LogP contribution >= 0.6 is 55.8 Å². The molecule has 162 valence electrons. The molecule has 31 heavy (non-hydrogen) atoms. The standard InChI is InChI=1S/C23H21Br2NO3S2/c1-14-4-6-15(7-5-14)13-29-21-18(24)9-16(10-19(21)25)11-20-22(27)26(23(30)31-20)12-17-3-2-8-28-17/h4-7,9-11,17H,2-3,8,12-13H2,1H3/b20-11-/t17-/m1/s1. The van der Waals surface area contributed by atoms with Crippen molar-refractivity contribution in [2.75, 3.05) is 13.2 Å². The van der Waals surface area contributed by atoms with Gasteiger partial charge in [0.15, 0.2) is 0 Å². The molecule has 2 fully saturated rings. The van der Waals surface area contributed by atoms with E-state index < -0.39 is 0 Å². The molecule has 2 aromatic rings. The summed E-state index contributed by atoms with van der Waals surface area (Å²) in [5.74, 6) is 0.668. The molecule has 1 atom stereocenters. The minimum Gasteiger partial charge on any atom is -0.487 e. The third-order valence-corrected chi connectivity index (χ3v) is 7.66. The Kier molecular flexibility index (Phi) is 7.54. The van der Waals surface area contributed by atoms with Gasteiger partial charge in [0.1, 0.15) is 16.7 Å². The maximum Gasteiger partial charge on any atom is 0.266 e. The van der Waals surface area contributed by atoms with Crippen LogP contribution in [0.4, 0.5) is 0 Å². The van der Waals surface area contributed by atoms with Gasteiger partial charge >= 0.3 is 0 Å². The molecule has 0 aromatic heterocycles. The summed E-state index contributed by atoms with van der Waals surface area (Å²) in [6.45, 7) is 3.82. The van der Waals surface area contributed by atoms with Gasteiger partial charge in [0.25, 0.3) is 5.91 Å². The van der Waals surface area contributed by atoms with Crippen LogP contribution in [-0.2, 0) is 16.1 Å². The van der Waals surface area contributed by atoms with E-state index in [4.69, 9.17) is 21.7 Å². The smallest absolute Gasteiger partial charge is 0.266 e. The zero-order valence-corrected chi connectivity index (χ0v) is 21.7. The van der Waals surface area contributed by atoms with Crippen molar-refractivity contribution in [1.29, 1.82) is 0 Å². The lowest BCUT2D eigenvalue weighted by Gasteiger charge is -2.18. The van der Waals surface area contributed by atoms with E-state index in [9.17, 15) is 4.79 Å². The Bertz CT molecular complexity index is 1010. The van der Waals surface area contributed by atoms with E-state index in [1.807, 2.05) is 18.2 Å². The van der Waals surface area contributed by atoms with Gasteiger partial charge < -0.3 is 9.47 Å². The average Bonchev–Trinajstić information content (AvgIpc) is 3.33. The van der Waals surface area contributed by atoms with Crippen molar-refractivity contribution in [2.24, 2.45) is 0 Å². The predicted octanol–water partition coefficient (Wildman–Crippen LogP) is 6.48. The fourth-order valence-electron chi connectivity index (χ4n) is 3.44. The second-order valence-corrected chi connectivity index (χ2v) is 10.9. The summed E-state index contributed by atoms with van der Waals surface area (Å²) in [6, 6.07) is 12.2. The van der Waals surface area contributed by atoms with E-state index in [0.29, 0.717) is 22.4 Å². The van der Waals surface area contributed by atoms with E-state index in [2.05, 4.69) is 63.0 Å². The van der Waals surface area contributed by atoms with Gasteiger partial charge in [0.2, 0.25) is 0 Å². The molecule has 2 aromatic carbocycles. The number of thiocarbonyl (C=S) groups is 1. The summed E-state index contributed by atoms with van der Waals surface area (Å²) in [7, 11) is 0. The molecular weight excluding hydrogens is 562 g/mol. The fourth-order valence-corrected chi connectivity index (χ4v) is 6.17. The molecule has 2 heterocycles. The van der Waals surface area contributed by atoms with Gasteiger partial charge in [-0.05, 0) is 81.0 Å². The highest BCUT2D eigenvalue weighted by Gasteiger charge is 2.34. The van der Waals surface area contributed by atoms with Crippen molar-refractivity contribution >= 4 is 72.1 Å². The first kappa shape index (κ1) is 23.0. The molecule has 2 saturated heterocycles. The van der Waals surface area contributed by atoms with Crippen LogP contribution < -0.4 is 4.74 Å². The zero-order valence-electron chi connectivity index (χ0n) is 16.9. The van der Waals surface area contributed by atoms with E-state index in [-0.39, 0.29) is 12.0 Å². The molecule has 4 rings (SSSR count). The summed E-state index contributed by atoms with van der Waals surface area (Å²) in [6.07, 6.45) is 3.96. The van der Waals surface area contributed by atoms with E-state index in [1.165, 1.54) is 17.3 Å². The Labute approximate surface area is 208 Å². The largest absolute Gasteiger partial charge is 0.487 e. The van der Waals surface area contributed by atoms with Crippen LogP contribution in [0.25, 0.3) is 6.08 Å². The predicted molar refractivity (Wildman–Crippen MR) is 136 cm³/mol. The molecule has 0 bridgehead atoms. The Morgan fingerprint density at radius 2 is 1.97 bits per heavy atom. The van der Waals surface area contributed by atoms with Crippen LogP contribution in [0.2, 0.25) is 0 Å². The number of carbonyl (C=O) groups is 1. The molecular formula is C23H21Br2NO3S2. The number of halogens is 2. The lowest BCUT2D eigenvalue weighted by atomic mass is 10.1. The number of amides is 1. The molecule has 0 spiro atoms. The molecule has 0 unspecified atom stereocenters. The van der Waals surface area contributed by atoms with Crippen LogP contribution in [0.3, 0.4) is 0 Å². The number of ether oxygens (including phenoxy) is 2. The average molecular weight is 583 g/mol. The topological polar surface area (TPSA) is 38.8 Å². The highest BCUT2D eigenvalue weighted by atomic mass is 79.9. The SMILES string of the molecule is Cc1ccc(COc2c(Br)cc(/C=C3\SC(=S)N(C[C@H]4CCCO4)C3=O)cc2Br)cc1. The Balaban J connectivity index is 1.47. The molecule has 0 saturated carbocycles. The Hall–Kier alpha value is -1.19. The Morgan fingerprint density at radius 3 is 2.61 bits per heavy atom. The summed E-state index contributed by atoms with van der Waals surface area (Å²) in [4.78, 5) is 15.2. The van der Waals surface area contributed by atoms with Crippen LogP contribution in [0, 0.1) is 6.92 Å². The summed E-state index contributed by atoms with van der Waals surface area (Å²) in [5, 5.41) is 0. The van der Waals surface area contributed by atoms with Crippen LogP contribution in [0.15, 0.2) is 50.2 Å². The van der Waals surface area contributed by atoms with Crippen molar-refractivity contribution in [3.8, 4) is 5.75 Å². The van der Waals surface area contributed by atoms with Gasteiger partial charge in [-0.25, -0.2) is 0 Å². The van der Waals surface area contributed by atoms with Crippen molar-refractivity contribution in [3.05, 3.63) is 66.9 Å². The molecule has 0 aliphatic carbocycles. The number of benzene rings is 2. The first-order valence-corrected chi connectivity index (χ1v) is 12.8. The normalized spacial score (nSPS) is 20.2. The first-order chi connectivity index (χ1) is 14.9. The summed E-state index contributed by atoms with van der Waals surface area (Å²) >= 11 is 14.0. The minimum absolute atomic E-state index is 0.0579. The fraction of sp³-hybridized carbons (Fsp3) is 0.304. The number of nitrogens with zero attached hydrogens (tertiary/aromatic N) is 1. The van der Waals surface area contributed by atoms with Gasteiger partial charge in [-0.2, -0.15) is 0 Å². The molecule has 8 heteroatoms.